The van der Waals surface area contributed by atoms with Crippen LogP contribution in [0.15, 0.2) is 0 Å². The summed E-state index contributed by atoms with van der Waals surface area (Å²) in [5.41, 5.74) is -0.365. The number of methoxy groups -OCH3 is 1. The molecule has 0 bridgehead atoms. The zero-order valence-corrected chi connectivity index (χ0v) is 9.19. The molecule has 15 heavy (non-hydrogen) atoms. The fraction of sp³-hybridized carbons (Fsp3) is 1.00. The average molecular weight is 229 g/mol. The van der Waals surface area contributed by atoms with E-state index in [1.54, 1.807) is 7.11 Å². The highest BCUT2D eigenvalue weighted by Gasteiger charge is 2.37. The van der Waals surface area contributed by atoms with Crippen LogP contribution in [0.4, 0.5) is 13.2 Å². The van der Waals surface area contributed by atoms with Crippen LogP contribution in [-0.2, 0) is 4.74 Å². The number of hydrogen-bond acceptors (Lipinski definition) is 3. The van der Waals surface area contributed by atoms with Crippen LogP contribution in [0.1, 0.15) is 20.3 Å². The van der Waals surface area contributed by atoms with Gasteiger partial charge in [-0.25, -0.2) is 0 Å². The maximum Gasteiger partial charge on any atom is 0.415 e. The van der Waals surface area contributed by atoms with Gasteiger partial charge in [0.15, 0.2) is 6.10 Å². The van der Waals surface area contributed by atoms with E-state index in [0.29, 0.717) is 13.0 Å². The lowest BCUT2D eigenvalue weighted by Gasteiger charge is -2.23. The van der Waals surface area contributed by atoms with Crippen LogP contribution in [0.5, 0.6) is 0 Å². The van der Waals surface area contributed by atoms with Gasteiger partial charge in [-0.1, -0.05) is 0 Å². The van der Waals surface area contributed by atoms with Crippen LogP contribution in [-0.4, -0.2) is 43.2 Å². The Morgan fingerprint density at radius 3 is 2.27 bits per heavy atom. The molecular formula is C9H18F3NO2. The standard InChI is InChI=1S/C9H18F3NO2/c1-8(2,15-3)4-5-13-6-7(14)9(10,11)12/h7,13-14H,4-6H2,1-3H3. The number of aliphatic hydroxyl groups excluding tert-OH is 1. The predicted octanol–water partition coefficient (Wildman–Crippen LogP) is 1.31. The molecule has 0 rings (SSSR count). The van der Waals surface area contributed by atoms with Crippen molar-refractivity contribution in [3.8, 4) is 0 Å². The first-order valence-corrected chi connectivity index (χ1v) is 4.70. The Hall–Kier alpha value is -0.330. The molecule has 0 aliphatic heterocycles. The summed E-state index contributed by atoms with van der Waals surface area (Å²) in [7, 11) is 1.55. The molecule has 0 amide bonds. The summed E-state index contributed by atoms with van der Waals surface area (Å²) in [6.45, 7) is 3.57. The smallest absolute Gasteiger partial charge is 0.382 e. The van der Waals surface area contributed by atoms with Gasteiger partial charge in [-0.2, -0.15) is 13.2 Å². The van der Waals surface area contributed by atoms with Crippen LogP contribution in [0, 0.1) is 0 Å². The molecule has 0 spiro atoms. The highest BCUT2D eigenvalue weighted by molar-refractivity contribution is 4.72. The molecule has 92 valence electrons. The minimum atomic E-state index is -4.55. The van der Waals surface area contributed by atoms with Gasteiger partial charge < -0.3 is 15.2 Å². The van der Waals surface area contributed by atoms with Crippen LogP contribution in [0.25, 0.3) is 0 Å². The van der Waals surface area contributed by atoms with Gasteiger partial charge in [0.2, 0.25) is 0 Å². The third-order valence-corrected chi connectivity index (χ3v) is 2.17. The summed E-state index contributed by atoms with van der Waals surface area (Å²) in [6.07, 6.45) is -6.28. The van der Waals surface area contributed by atoms with Crippen molar-refractivity contribution in [1.29, 1.82) is 0 Å². The summed E-state index contributed by atoms with van der Waals surface area (Å²) in [5, 5.41) is 11.2. The third-order valence-electron chi connectivity index (χ3n) is 2.17. The van der Waals surface area contributed by atoms with Crippen LogP contribution >= 0.6 is 0 Å². The van der Waals surface area contributed by atoms with Gasteiger partial charge in [0.05, 0.1) is 5.60 Å². The molecule has 1 unspecified atom stereocenters. The number of halogens is 3. The molecule has 0 aliphatic rings. The van der Waals surface area contributed by atoms with Crippen molar-refractivity contribution in [2.24, 2.45) is 0 Å². The van der Waals surface area contributed by atoms with Crippen molar-refractivity contribution >= 4 is 0 Å². The second-order valence-corrected chi connectivity index (χ2v) is 3.98. The first-order valence-electron chi connectivity index (χ1n) is 4.70. The van der Waals surface area contributed by atoms with E-state index >= 15 is 0 Å². The maximum atomic E-state index is 11.9. The maximum absolute atomic E-state index is 11.9. The van der Waals surface area contributed by atoms with E-state index in [4.69, 9.17) is 9.84 Å². The zero-order chi connectivity index (χ0) is 12.1. The second kappa shape index (κ2) is 5.67. The fourth-order valence-electron chi connectivity index (χ4n) is 0.846. The Labute approximate surface area is 87.6 Å². The van der Waals surface area contributed by atoms with Crippen molar-refractivity contribution in [2.45, 2.75) is 38.1 Å². The van der Waals surface area contributed by atoms with Crippen LogP contribution in [0.3, 0.4) is 0 Å². The van der Waals surface area contributed by atoms with Gasteiger partial charge >= 0.3 is 6.18 Å². The Bertz CT molecular complexity index is 183. The van der Waals surface area contributed by atoms with Gasteiger partial charge in [-0.05, 0) is 26.8 Å². The molecular weight excluding hydrogens is 211 g/mol. The van der Waals surface area contributed by atoms with Gasteiger partial charge in [0.1, 0.15) is 0 Å². The quantitative estimate of drug-likeness (QED) is 0.675. The minimum absolute atomic E-state index is 0.365. The molecule has 0 radical (unpaired) electrons. The summed E-state index contributed by atoms with van der Waals surface area (Å²) >= 11 is 0. The summed E-state index contributed by atoms with van der Waals surface area (Å²) in [4.78, 5) is 0. The summed E-state index contributed by atoms with van der Waals surface area (Å²) in [6, 6.07) is 0. The summed E-state index contributed by atoms with van der Waals surface area (Å²) in [5.74, 6) is 0. The largest absolute Gasteiger partial charge is 0.415 e. The van der Waals surface area contributed by atoms with Gasteiger partial charge in [0.25, 0.3) is 0 Å². The minimum Gasteiger partial charge on any atom is -0.382 e. The predicted molar refractivity (Wildman–Crippen MR) is 50.6 cm³/mol. The zero-order valence-electron chi connectivity index (χ0n) is 9.19. The average Bonchev–Trinajstić information content (AvgIpc) is 2.10. The molecule has 0 aromatic heterocycles. The van der Waals surface area contributed by atoms with E-state index in [9.17, 15) is 13.2 Å². The number of nitrogens with one attached hydrogen (secondary N) is 1. The van der Waals surface area contributed by atoms with E-state index in [1.165, 1.54) is 0 Å². The normalized spacial score (nSPS) is 15.4. The van der Waals surface area contributed by atoms with Crippen LogP contribution in [0.2, 0.25) is 0 Å². The topological polar surface area (TPSA) is 41.5 Å². The first-order chi connectivity index (χ1) is 6.69. The van der Waals surface area contributed by atoms with E-state index in [1.807, 2.05) is 13.8 Å². The number of hydrogen-bond donors (Lipinski definition) is 2. The van der Waals surface area contributed by atoms with E-state index in [2.05, 4.69) is 5.32 Å². The molecule has 2 N–H and O–H groups in total. The van der Waals surface area contributed by atoms with Crippen molar-refractivity contribution in [1.82, 2.24) is 5.32 Å². The Morgan fingerprint density at radius 1 is 1.33 bits per heavy atom. The molecule has 0 aliphatic carbocycles. The van der Waals surface area contributed by atoms with Crippen molar-refractivity contribution < 1.29 is 23.0 Å². The molecule has 0 aromatic rings. The number of alkyl halides is 3. The Morgan fingerprint density at radius 2 is 1.87 bits per heavy atom. The molecule has 1 atom stereocenters. The fourth-order valence-corrected chi connectivity index (χ4v) is 0.846. The van der Waals surface area contributed by atoms with Crippen molar-refractivity contribution in [3.63, 3.8) is 0 Å². The lowest BCUT2D eigenvalue weighted by molar-refractivity contribution is -0.201. The molecule has 0 saturated carbocycles. The molecule has 0 aromatic carbocycles. The van der Waals surface area contributed by atoms with Gasteiger partial charge in [0, 0.05) is 13.7 Å². The Balaban J connectivity index is 3.64. The number of ether oxygens (including phenoxy) is 1. The lowest BCUT2D eigenvalue weighted by atomic mass is 10.1. The molecule has 0 heterocycles. The molecule has 0 saturated heterocycles. The highest BCUT2D eigenvalue weighted by atomic mass is 19.4. The first kappa shape index (κ1) is 14.7. The highest BCUT2D eigenvalue weighted by Crippen LogP contribution is 2.19. The summed E-state index contributed by atoms with van der Waals surface area (Å²) < 4.78 is 40.7. The molecule has 3 nitrogen and oxygen atoms in total. The lowest BCUT2D eigenvalue weighted by Crippen LogP contribution is -2.40. The van der Waals surface area contributed by atoms with E-state index in [0.717, 1.165) is 0 Å². The number of rotatable bonds is 6. The third kappa shape index (κ3) is 6.70. The van der Waals surface area contributed by atoms with E-state index < -0.39 is 18.8 Å². The van der Waals surface area contributed by atoms with Crippen molar-refractivity contribution in [2.75, 3.05) is 20.2 Å². The molecule has 6 heteroatoms. The monoisotopic (exact) mass is 229 g/mol. The Kier molecular flexibility index (Phi) is 5.55. The van der Waals surface area contributed by atoms with Gasteiger partial charge in [-0.15, -0.1) is 0 Å². The van der Waals surface area contributed by atoms with Gasteiger partial charge in [-0.3, -0.25) is 0 Å². The van der Waals surface area contributed by atoms with E-state index in [-0.39, 0.29) is 5.60 Å². The molecule has 0 fully saturated rings. The van der Waals surface area contributed by atoms with Crippen LogP contribution < -0.4 is 5.32 Å². The second-order valence-electron chi connectivity index (χ2n) is 3.98. The SMILES string of the molecule is COC(C)(C)CCNCC(O)C(F)(F)F. The number of aliphatic hydroxyl groups is 1. The van der Waals surface area contributed by atoms with Crippen molar-refractivity contribution in [3.05, 3.63) is 0 Å².